The Bertz CT molecular complexity index is 1200. The number of hydrogen-bond acceptors (Lipinski definition) is 7. The van der Waals surface area contributed by atoms with Gasteiger partial charge in [0, 0.05) is 53.5 Å². The van der Waals surface area contributed by atoms with E-state index in [0.717, 1.165) is 12.1 Å². The Morgan fingerprint density at radius 2 is 1.91 bits per heavy atom. The third kappa shape index (κ3) is 6.04. The van der Waals surface area contributed by atoms with Crippen molar-refractivity contribution in [1.29, 1.82) is 0 Å². The molecule has 1 unspecified atom stereocenters. The maximum Gasteiger partial charge on any atom is 0.573 e. The fraction of sp³-hybridized carbons (Fsp3) is 0.333. The molecule has 0 radical (unpaired) electrons. The van der Waals surface area contributed by atoms with Crippen LogP contribution in [0.2, 0.25) is 0 Å². The molecular weight excluding hydrogens is 477 g/mol. The molecular formula is C21H21F3N4O5S. The van der Waals surface area contributed by atoms with Gasteiger partial charge < -0.3 is 15.3 Å². The van der Waals surface area contributed by atoms with Gasteiger partial charge >= 0.3 is 6.36 Å². The molecule has 1 fully saturated rings. The summed E-state index contributed by atoms with van der Waals surface area (Å²) in [6.45, 7) is 0. The minimum atomic E-state index is -4.81. The number of hydrogen-bond donors (Lipinski definition) is 1. The SMILES string of the molecule is Cn1cc(-c2nc(C(=O)C[C@H]3CS(=O)C[C@H]3O)cc(-c3ccc(OC(F)(F)F)cc3)n2)cn1.O. The summed E-state index contributed by atoms with van der Waals surface area (Å²) in [5, 5.41) is 14.1. The molecule has 3 aromatic rings. The van der Waals surface area contributed by atoms with E-state index in [-0.39, 0.29) is 46.5 Å². The highest BCUT2D eigenvalue weighted by atomic mass is 32.2. The quantitative estimate of drug-likeness (QED) is 0.513. The zero-order valence-corrected chi connectivity index (χ0v) is 18.6. The van der Waals surface area contributed by atoms with E-state index >= 15 is 0 Å². The fourth-order valence-electron chi connectivity index (χ4n) is 3.51. The Hall–Kier alpha value is -3.16. The van der Waals surface area contributed by atoms with Gasteiger partial charge in [0.15, 0.2) is 11.6 Å². The van der Waals surface area contributed by atoms with Crippen molar-refractivity contribution < 1.29 is 37.5 Å². The van der Waals surface area contributed by atoms with Gasteiger partial charge in [0.1, 0.15) is 11.4 Å². The summed E-state index contributed by atoms with van der Waals surface area (Å²) in [6, 6.07) is 6.55. The summed E-state index contributed by atoms with van der Waals surface area (Å²) >= 11 is 0. The van der Waals surface area contributed by atoms with Crippen molar-refractivity contribution >= 4 is 16.6 Å². The summed E-state index contributed by atoms with van der Waals surface area (Å²) < 4.78 is 54.5. The minimum Gasteiger partial charge on any atom is -0.412 e. The maximum atomic E-state index is 13.0. The van der Waals surface area contributed by atoms with Crippen LogP contribution in [0.5, 0.6) is 5.75 Å². The van der Waals surface area contributed by atoms with Crippen LogP contribution in [-0.4, -0.2) is 64.3 Å². The molecule has 1 saturated heterocycles. The van der Waals surface area contributed by atoms with Crippen molar-refractivity contribution in [2.45, 2.75) is 18.9 Å². The summed E-state index contributed by atoms with van der Waals surface area (Å²) in [5.74, 6) is -0.579. The van der Waals surface area contributed by atoms with E-state index in [4.69, 9.17) is 0 Å². The maximum absolute atomic E-state index is 13.0. The highest BCUT2D eigenvalue weighted by Crippen LogP contribution is 2.28. The number of rotatable bonds is 6. The molecule has 3 N–H and O–H groups in total. The first-order valence-electron chi connectivity index (χ1n) is 9.88. The highest BCUT2D eigenvalue weighted by molar-refractivity contribution is 7.85. The number of aromatic nitrogens is 4. The number of nitrogens with zero attached hydrogens (tertiary/aromatic N) is 4. The van der Waals surface area contributed by atoms with Crippen LogP contribution in [-0.2, 0) is 17.8 Å². The van der Waals surface area contributed by atoms with Crippen LogP contribution in [0.3, 0.4) is 0 Å². The predicted molar refractivity (Wildman–Crippen MR) is 116 cm³/mol. The number of benzene rings is 1. The van der Waals surface area contributed by atoms with Gasteiger partial charge in [0.2, 0.25) is 0 Å². The zero-order chi connectivity index (χ0) is 23.8. The number of aryl methyl sites for hydroxylation is 1. The molecule has 9 nitrogen and oxygen atoms in total. The second-order valence-corrected chi connectivity index (χ2v) is 9.21. The van der Waals surface area contributed by atoms with E-state index < -0.39 is 29.2 Å². The first-order valence-corrected chi connectivity index (χ1v) is 11.4. The smallest absolute Gasteiger partial charge is 0.412 e. The summed E-state index contributed by atoms with van der Waals surface area (Å²) in [5.41, 5.74) is 1.40. The number of ketones is 1. The molecule has 1 aliphatic rings. The van der Waals surface area contributed by atoms with Gasteiger partial charge in [-0.05, 0) is 30.3 Å². The van der Waals surface area contributed by atoms with Crippen LogP contribution in [0.1, 0.15) is 16.9 Å². The van der Waals surface area contributed by atoms with Crippen LogP contribution in [0, 0.1) is 5.92 Å². The Morgan fingerprint density at radius 3 is 2.47 bits per heavy atom. The third-order valence-corrected chi connectivity index (χ3v) is 6.62. The van der Waals surface area contributed by atoms with Crippen molar-refractivity contribution in [3.63, 3.8) is 0 Å². The molecule has 0 amide bonds. The molecule has 3 heterocycles. The van der Waals surface area contributed by atoms with Crippen molar-refractivity contribution in [1.82, 2.24) is 19.7 Å². The van der Waals surface area contributed by atoms with Crippen LogP contribution in [0.25, 0.3) is 22.6 Å². The molecule has 1 aromatic carbocycles. The number of aliphatic hydroxyl groups is 1. The lowest BCUT2D eigenvalue weighted by atomic mass is 9.97. The van der Waals surface area contributed by atoms with E-state index in [0.29, 0.717) is 16.8 Å². The van der Waals surface area contributed by atoms with E-state index in [1.807, 2.05) is 0 Å². The van der Waals surface area contributed by atoms with E-state index in [1.54, 1.807) is 17.9 Å². The van der Waals surface area contributed by atoms with Crippen LogP contribution >= 0.6 is 0 Å². The monoisotopic (exact) mass is 498 g/mol. The van der Waals surface area contributed by atoms with Gasteiger partial charge in [0.05, 0.1) is 23.6 Å². The van der Waals surface area contributed by atoms with Crippen molar-refractivity contribution in [3.8, 4) is 28.4 Å². The van der Waals surface area contributed by atoms with Crippen molar-refractivity contribution in [3.05, 3.63) is 48.4 Å². The number of alkyl halides is 3. The number of Topliss-reactive ketones (excluding diaryl/α,β-unsaturated/α-hetero) is 1. The molecule has 0 bridgehead atoms. The molecule has 13 heteroatoms. The molecule has 0 aliphatic carbocycles. The van der Waals surface area contributed by atoms with Gasteiger partial charge in [-0.15, -0.1) is 13.2 Å². The summed E-state index contributed by atoms with van der Waals surface area (Å²) in [4.78, 5) is 21.8. The average Bonchev–Trinajstić information content (AvgIpc) is 3.31. The van der Waals surface area contributed by atoms with Gasteiger partial charge in [-0.3, -0.25) is 13.7 Å². The van der Waals surface area contributed by atoms with Gasteiger partial charge in [0.25, 0.3) is 0 Å². The Labute approximate surface area is 194 Å². The first-order chi connectivity index (χ1) is 15.6. The third-order valence-electron chi connectivity index (χ3n) is 5.11. The second-order valence-electron chi connectivity index (χ2n) is 7.66. The average molecular weight is 498 g/mol. The molecule has 2 aromatic heterocycles. The Morgan fingerprint density at radius 1 is 1.21 bits per heavy atom. The predicted octanol–water partition coefficient (Wildman–Crippen LogP) is 1.93. The summed E-state index contributed by atoms with van der Waals surface area (Å²) in [7, 11) is 0.540. The molecule has 0 saturated carbocycles. The van der Waals surface area contributed by atoms with E-state index in [1.165, 1.54) is 24.4 Å². The largest absolute Gasteiger partial charge is 0.573 e. The zero-order valence-electron chi connectivity index (χ0n) is 17.8. The van der Waals surface area contributed by atoms with Gasteiger partial charge in [-0.25, -0.2) is 9.97 Å². The van der Waals surface area contributed by atoms with Gasteiger partial charge in [-0.1, -0.05) is 0 Å². The topological polar surface area (TPSA) is 139 Å². The Balaban J connectivity index is 0.00000324. The normalized spacial score (nSPS) is 20.1. The second kappa shape index (κ2) is 9.99. The molecule has 182 valence electrons. The molecule has 1 aliphatic heterocycles. The van der Waals surface area contributed by atoms with Gasteiger partial charge in [-0.2, -0.15) is 5.10 Å². The lowest BCUT2D eigenvalue weighted by Gasteiger charge is -2.13. The highest BCUT2D eigenvalue weighted by Gasteiger charge is 2.33. The van der Waals surface area contributed by atoms with Crippen molar-refractivity contribution in [2.75, 3.05) is 11.5 Å². The first kappa shape index (κ1) is 25.5. The Kier molecular flexibility index (Phi) is 7.48. The van der Waals surface area contributed by atoms with Crippen LogP contribution in [0.4, 0.5) is 13.2 Å². The van der Waals surface area contributed by atoms with E-state index in [9.17, 15) is 27.3 Å². The standard InChI is InChI=1S/C21H19F3N4O4S.H2O/c1-28-9-14(8-25-28)20-26-16(12-2-4-15(5-3-12)32-21(22,23)24)7-17(27-20)18(29)6-13-10-33(31)11-19(13)30;/h2-5,7-9,13,19,30H,6,10-11H2,1H3;1H2/t13-,19+,33?;/m0./s1. The molecule has 0 spiro atoms. The van der Waals surface area contributed by atoms with E-state index in [2.05, 4.69) is 19.8 Å². The lowest BCUT2D eigenvalue weighted by molar-refractivity contribution is -0.274. The number of carbonyl (C=O) groups is 1. The van der Waals surface area contributed by atoms with Crippen LogP contribution in [0.15, 0.2) is 42.7 Å². The van der Waals surface area contributed by atoms with Crippen LogP contribution < -0.4 is 4.74 Å². The number of carbonyl (C=O) groups excluding carboxylic acids is 1. The summed E-state index contributed by atoms with van der Waals surface area (Å²) in [6.07, 6.45) is -2.48. The molecule has 34 heavy (non-hydrogen) atoms. The number of ether oxygens (including phenoxy) is 1. The lowest BCUT2D eigenvalue weighted by Crippen LogP contribution is -2.21. The minimum absolute atomic E-state index is 0. The molecule has 4 rings (SSSR count). The molecule has 3 atom stereocenters. The number of halogens is 3. The number of aliphatic hydroxyl groups excluding tert-OH is 1. The fourth-order valence-corrected chi connectivity index (χ4v) is 5.12. The van der Waals surface area contributed by atoms with Crippen molar-refractivity contribution in [2.24, 2.45) is 13.0 Å².